The van der Waals surface area contributed by atoms with Crippen molar-refractivity contribution in [1.29, 1.82) is 0 Å². The minimum absolute atomic E-state index is 0.0475. The molecule has 2 rings (SSSR count). The predicted octanol–water partition coefficient (Wildman–Crippen LogP) is 0.826. The van der Waals surface area contributed by atoms with Crippen LogP contribution in [0, 0.1) is 11.8 Å². The maximum absolute atomic E-state index is 11.2. The van der Waals surface area contributed by atoms with Gasteiger partial charge in [-0.1, -0.05) is 22.6 Å². The van der Waals surface area contributed by atoms with Gasteiger partial charge in [0, 0.05) is 3.92 Å². The Bertz CT molecular complexity index is 265. The smallest absolute Gasteiger partial charge is 0.310 e. The van der Waals surface area contributed by atoms with E-state index in [0.29, 0.717) is 12.8 Å². The number of esters is 1. The highest BCUT2D eigenvalue weighted by atomic mass is 127. The van der Waals surface area contributed by atoms with Gasteiger partial charge in [-0.3, -0.25) is 9.59 Å². The van der Waals surface area contributed by atoms with Gasteiger partial charge in [0.1, 0.15) is 6.10 Å². The van der Waals surface area contributed by atoms with Crippen molar-refractivity contribution in [2.45, 2.75) is 22.9 Å². The van der Waals surface area contributed by atoms with Gasteiger partial charge in [0.05, 0.1) is 11.8 Å². The largest absolute Gasteiger partial charge is 0.481 e. The predicted molar refractivity (Wildman–Crippen MR) is 51.5 cm³/mol. The topological polar surface area (TPSA) is 63.6 Å². The molecule has 1 aliphatic heterocycles. The zero-order valence-electron chi connectivity index (χ0n) is 6.77. The summed E-state index contributed by atoms with van der Waals surface area (Å²) < 4.78 is 5.22. The van der Waals surface area contributed by atoms with Gasteiger partial charge in [-0.05, 0) is 12.8 Å². The molecule has 1 saturated heterocycles. The van der Waals surface area contributed by atoms with Crippen LogP contribution in [0.2, 0.25) is 0 Å². The van der Waals surface area contributed by atoms with Crippen molar-refractivity contribution in [2.75, 3.05) is 0 Å². The standard InChI is InChI=1S/C8H9IO4/c9-5-1-3(7(10)11)4-2-6(5)13-8(4)12/h3-6H,1-2H2,(H,10,11). The molecule has 1 saturated carbocycles. The van der Waals surface area contributed by atoms with E-state index >= 15 is 0 Å². The van der Waals surface area contributed by atoms with Gasteiger partial charge in [0.15, 0.2) is 0 Å². The van der Waals surface area contributed by atoms with Crippen LogP contribution in [0.1, 0.15) is 12.8 Å². The number of carbonyl (C=O) groups excluding carboxylic acids is 1. The van der Waals surface area contributed by atoms with Gasteiger partial charge >= 0.3 is 11.9 Å². The number of rotatable bonds is 1. The Morgan fingerprint density at radius 3 is 2.85 bits per heavy atom. The molecule has 1 aliphatic carbocycles. The van der Waals surface area contributed by atoms with Crippen molar-refractivity contribution in [2.24, 2.45) is 11.8 Å². The van der Waals surface area contributed by atoms with E-state index in [4.69, 9.17) is 9.84 Å². The summed E-state index contributed by atoms with van der Waals surface area (Å²) in [5, 5.41) is 8.88. The van der Waals surface area contributed by atoms with Crippen LogP contribution in [0.4, 0.5) is 0 Å². The highest BCUT2D eigenvalue weighted by molar-refractivity contribution is 14.1. The summed E-state index contributed by atoms with van der Waals surface area (Å²) in [6, 6.07) is 0. The molecule has 4 nitrogen and oxygen atoms in total. The number of carboxylic acid groups (broad SMARTS) is 1. The molecule has 2 bridgehead atoms. The summed E-state index contributed by atoms with van der Waals surface area (Å²) >= 11 is 2.16. The Labute approximate surface area is 88.8 Å². The molecular formula is C8H9IO4. The van der Waals surface area contributed by atoms with E-state index in [2.05, 4.69) is 22.6 Å². The molecule has 0 spiro atoms. The third kappa shape index (κ3) is 1.43. The Morgan fingerprint density at radius 2 is 2.23 bits per heavy atom. The van der Waals surface area contributed by atoms with E-state index in [-0.39, 0.29) is 16.0 Å². The minimum Gasteiger partial charge on any atom is -0.481 e. The fourth-order valence-corrected chi connectivity index (χ4v) is 3.00. The molecular weight excluding hydrogens is 287 g/mol. The number of aliphatic carboxylic acids is 1. The zero-order chi connectivity index (χ0) is 9.59. The van der Waals surface area contributed by atoms with E-state index in [1.165, 1.54) is 0 Å². The average Bonchev–Trinajstić information content (AvgIpc) is 2.37. The molecule has 5 heteroatoms. The lowest BCUT2D eigenvalue weighted by atomic mass is 9.80. The summed E-state index contributed by atoms with van der Waals surface area (Å²) in [7, 11) is 0. The van der Waals surface area contributed by atoms with Crippen LogP contribution < -0.4 is 0 Å². The van der Waals surface area contributed by atoms with Crippen LogP contribution in [0.15, 0.2) is 0 Å². The lowest BCUT2D eigenvalue weighted by Crippen LogP contribution is -2.34. The molecule has 1 N–H and O–H groups in total. The lowest BCUT2D eigenvalue weighted by Gasteiger charge is -2.25. The van der Waals surface area contributed by atoms with Crippen molar-refractivity contribution in [1.82, 2.24) is 0 Å². The second-order valence-electron chi connectivity index (χ2n) is 3.51. The maximum atomic E-state index is 11.2. The fraction of sp³-hybridized carbons (Fsp3) is 0.750. The molecule has 0 radical (unpaired) electrons. The van der Waals surface area contributed by atoms with Crippen LogP contribution in [0.25, 0.3) is 0 Å². The van der Waals surface area contributed by atoms with E-state index in [9.17, 15) is 9.59 Å². The summed E-state index contributed by atoms with van der Waals surface area (Å²) in [5.74, 6) is -2.12. The Hall–Kier alpha value is -0.330. The number of hydrogen-bond donors (Lipinski definition) is 1. The first-order valence-electron chi connectivity index (χ1n) is 4.17. The molecule has 4 atom stereocenters. The maximum Gasteiger partial charge on any atom is 0.310 e. The highest BCUT2D eigenvalue weighted by Crippen LogP contribution is 2.41. The summed E-state index contributed by atoms with van der Waals surface area (Å²) in [4.78, 5) is 22.0. The van der Waals surface area contributed by atoms with Crippen LogP contribution in [-0.2, 0) is 14.3 Å². The second kappa shape index (κ2) is 3.11. The summed E-state index contributed by atoms with van der Waals surface area (Å²) in [6.45, 7) is 0. The summed E-state index contributed by atoms with van der Waals surface area (Å²) in [5.41, 5.74) is 0. The van der Waals surface area contributed by atoms with Gasteiger partial charge in [-0.15, -0.1) is 0 Å². The zero-order valence-corrected chi connectivity index (χ0v) is 8.93. The van der Waals surface area contributed by atoms with E-state index in [0.717, 1.165) is 0 Å². The summed E-state index contributed by atoms with van der Waals surface area (Å²) in [6.07, 6.45) is 1.09. The van der Waals surface area contributed by atoms with Crippen LogP contribution in [-0.4, -0.2) is 27.1 Å². The Kier molecular flexibility index (Phi) is 2.21. The normalized spacial score (nSPS) is 43.0. The highest BCUT2D eigenvalue weighted by Gasteiger charge is 2.50. The molecule has 0 aromatic heterocycles. The minimum atomic E-state index is -0.871. The molecule has 1 heterocycles. The number of halogens is 1. The molecule has 13 heavy (non-hydrogen) atoms. The first kappa shape index (κ1) is 9.23. The number of hydrogen-bond acceptors (Lipinski definition) is 3. The van der Waals surface area contributed by atoms with Crippen LogP contribution in [0.3, 0.4) is 0 Å². The van der Waals surface area contributed by atoms with Crippen molar-refractivity contribution in [3.8, 4) is 0 Å². The fourth-order valence-electron chi connectivity index (χ4n) is 2.01. The van der Waals surface area contributed by atoms with Crippen molar-refractivity contribution < 1.29 is 19.4 Å². The van der Waals surface area contributed by atoms with Crippen molar-refractivity contribution >= 4 is 34.5 Å². The van der Waals surface area contributed by atoms with Crippen LogP contribution >= 0.6 is 22.6 Å². The Balaban J connectivity index is 2.22. The molecule has 0 aromatic carbocycles. The molecule has 2 fully saturated rings. The van der Waals surface area contributed by atoms with Crippen molar-refractivity contribution in [3.05, 3.63) is 0 Å². The third-order valence-electron chi connectivity index (χ3n) is 2.74. The molecule has 0 amide bonds. The lowest BCUT2D eigenvalue weighted by molar-refractivity contribution is -0.150. The Morgan fingerprint density at radius 1 is 1.54 bits per heavy atom. The van der Waals surface area contributed by atoms with E-state index in [1.54, 1.807) is 0 Å². The van der Waals surface area contributed by atoms with Crippen LogP contribution in [0.5, 0.6) is 0 Å². The average molecular weight is 296 g/mol. The van der Waals surface area contributed by atoms with Gasteiger partial charge in [0.2, 0.25) is 0 Å². The van der Waals surface area contributed by atoms with Gasteiger partial charge in [0.25, 0.3) is 0 Å². The second-order valence-corrected chi connectivity index (χ2v) is 5.11. The molecule has 4 unspecified atom stereocenters. The molecule has 72 valence electrons. The number of carboxylic acids is 1. The number of carbonyl (C=O) groups is 2. The molecule has 2 aliphatic rings. The van der Waals surface area contributed by atoms with Crippen molar-refractivity contribution in [3.63, 3.8) is 0 Å². The quantitative estimate of drug-likeness (QED) is 0.442. The van der Waals surface area contributed by atoms with Gasteiger partial charge in [-0.25, -0.2) is 0 Å². The third-order valence-corrected chi connectivity index (χ3v) is 4.05. The first-order chi connectivity index (χ1) is 6.09. The van der Waals surface area contributed by atoms with Gasteiger partial charge in [-0.2, -0.15) is 0 Å². The number of alkyl halides is 1. The first-order valence-corrected chi connectivity index (χ1v) is 5.41. The number of fused-ring (bicyclic) bond motifs is 2. The van der Waals surface area contributed by atoms with E-state index < -0.39 is 17.8 Å². The van der Waals surface area contributed by atoms with E-state index in [1.807, 2.05) is 0 Å². The number of ether oxygens (including phenoxy) is 1. The molecule has 0 aromatic rings. The SMILES string of the molecule is O=C(O)C1CC(I)C2CC1C(=O)O2. The monoisotopic (exact) mass is 296 g/mol. The van der Waals surface area contributed by atoms with Gasteiger partial charge < -0.3 is 9.84 Å².